The molecule has 0 saturated carbocycles. The summed E-state index contributed by atoms with van der Waals surface area (Å²) in [6.07, 6.45) is 3.83. The van der Waals surface area contributed by atoms with Crippen molar-refractivity contribution < 1.29 is 0 Å². The van der Waals surface area contributed by atoms with Crippen molar-refractivity contribution in [2.45, 2.75) is 33.9 Å². The fraction of sp³-hybridized carbons (Fsp3) is 0.455. The second-order valence-corrected chi connectivity index (χ2v) is 3.97. The van der Waals surface area contributed by atoms with E-state index in [1.54, 1.807) is 10.9 Å². The third-order valence-electron chi connectivity index (χ3n) is 2.77. The number of rotatable bonds is 3. The van der Waals surface area contributed by atoms with Gasteiger partial charge in [-0.15, -0.1) is 0 Å². The van der Waals surface area contributed by atoms with Gasteiger partial charge in [-0.2, -0.15) is 10.2 Å². The Balaban J connectivity index is 2.26. The highest BCUT2D eigenvalue weighted by Crippen LogP contribution is 2.13. The predicted octanol–water partition coefficient (Wildman–Crippen LogP) is 1.35. The SMILES string of the molecule is CCn1cc(Cn2ncc(C)c2N)c(C)n1. The van der Waals surface area contributed by atoms with Crippen LogP contribution in [0.3, 0.4) is 0 Å². The summed E-state index contributed by atoms with van der Waals surface area (Å²) in [5.74, 6) is 0.726. The maximum atomic E-state index is 5.91. The molecule has 2 aromatic rings. The van der Waals surface area contributed by atoms with Crippen LogP contribution in [-0.4, -0.2) is 19.6 Å². The van der Waals surface area contributed by atoms with E-state index >= 15 is 0 Å². The Hall–Kier alpha value is -1.78. The number of aryl methyl sites for hydroxylation is 3. The molecule has 0 atom stereocenters. The maximum absolute atomic E-state index is 5.91. The van der Waals surface area contributed by atoms with E-state index < -0.39 is 0 Å². The lowest BCUT2D eigenvalue weighted by Gasteiger charge is -2.02. The van der Waals surface area contributed by atoms with Gasteiger partial charge in [-0.25, -0.2) is 4.68 Å². The summed E-state index contributed by atoms with van der Waals surface area (Å²) in [5, 5.41) is 8.64. The van der Waals surface area contributed by atoms with E-state index in [-0.39, 0.29) is 0 Å². The van der Waals surface area contributed by atoms with Crippen LogP contribution in [0.15, 0.2) is 12.4 Å². The molecule has 5 heteroatoms. The van der Waals surface area contributed by atoms with E-state index in [1.165, 1.54) is 0 Å². The van der Waals surface area contributed by atoms with Crippen molar-refractivity contribution in [3.63, 3.8) is 0 Å². The van der Waals surface area contributed by atoms with Gasteiger partial charge in [0.2, 0.25) is 0 Å². The van der Waals surface area contributed by atoms with Gasteiger partial charge in [-0.3, -0.25) is 4.68 Å². The molecular formula is C11H17N5. The molecule has 2 rings (SSSR count). The lowest BCUT2D eigenvalue weighted by atomic mass is 10.2. The van der Waals surface area contributed by atoms with Crippen LogP contribution in [0.4, 0.5) is 5.82 Å². The first-order valence-corrected chi connectivity index (χ1v) is 5.42. The van der Waals surface area contributed by atoms with Crippen molar-refractivity contribution in [2.24, 2.45) is 0 Å². The van der Waals surface area contributed by atoms with E-state index in [2.05, 4.69) is 17.1 Å². The topological polar surface area (TPSA) is 61.7 Å². The number of nitrogen functional groups attached to an aromatic ring is 1. The van der Waals surface area contributed by atoms with E-state index in [1.807, 2.05) is 24.7 Å². The summed E-state index contributed by atoms with van der Waals surface area (Å²) in [4.78, 5) is 0. The van der Waals surface area contributed by atoms with E-state index in [4.69, 9.17) is 5.73 Å². The van der Waals surface area contributed by atoms with Gasteiger partial charge in [-0.1, -0.05) is 0 Å². The molecule has 0 fully saturated rings. The monoisotopic (exact) mass is 219 g/mol. The Bertz CT molecular complexity index is 494. The smallest absolute Gasteiger partial charge is 0.124 e. The molecule has 0 unspecified atom stereocenters. The molecule has 0 bridgehead atoms. The molecule has 16 heavy (non-hydrogen) atoms. The summed E-state index contributed by atoms with van der Waals surface area (Å²) in [7, 11) is 0. The van der Waals surface area contributed by atoms with Crippen LogP contribution in [0.2, 0.25) is 0 Å². The number of nitrogens with two attached hydrogens (primary N) is 1. The molecule has 0 aliphatic carbocycles. The highest BCUT2D eigenvalue weighted by Gasteiger charge is 2.08. The predicted molar refractivity (Wildman–Crippen MR) is 63.1 cm³/mol. The van der Waals surface area contributed by atoms with Gasteiger partial charge in [-0.05, 0) is 20.8 Å². The third kappa shape index (κ3) is 1.80. The second kappa shape index (κ2) is 4.00. The van der Waals surface area contributed by atoms with Crippen molar-refractivity contribution in [1.82, 2.24) is 19.6 Å². The van der Waals surface area contributed by atoms with Crippen molar-refractivity contribution >= 4 is 5.82 Å². The lowest BCUT2D eigenvalue weighted by Crippen LogP contribution is -2.06. The molecule has 0 amide bonds. The van der Waals surface area contributed by atoms with Gasteiger partial charge in [0.1, 0.15) is 5.82 Å². The van der Waals surface area contributed by atoms with Crippen LogP contribution in [0.1, 0.15) is 23.7 Å². The number of hydrogen-bond donors (Lipinski definition) is 1. The second-order valence-electron chi connectivity index (χ2n) is 3.97. The molecule has 2 heterocycles. The highest BCUT2D eigenvalue weighted by molar-refractivity contribution is 5.38. The van der Waals surface area contributed by atoms with Gasteiger partial charge < -0.3 is 5.73 Å². The minimum Gasteiger partial charge on any atom is -0.384 e. The first kappa shape index (κ1) is 10.7. The molecule has 5 nitrogen and oxygen atoms in total. The fourth-order valence-corrected chi connectivity index (χ4v) is 1.65. The Morgan fingerprint density at radius 1 is 1.38 bits per heavy atom. The fourth-order valence-electron chi connectivity index (χ4n) is 1.65. The minimum absolute atomic E-state index is 0.686. The van der Waals surface area contributed by atoms with Crippen molar-refractivity contribution in [2.75, 3.05) is 5.73 Å². The van der Waals surface area contributed by atoms with Crippen molar-refractivity contribution in [3.05, 3.63) is 29.2 Å². The van der Waals surface area contributed by atoms with E-state index in [0.717, 1.165) is 29.2 Å². The zero-order valence-electron chi connectivity index (χ0n) is 9.94. The number of aromatic nitrogens is 4. The van der Waals surface area contributed by atoms with Crippen LogP contribution in [0, 0.1) is 13.8 Å². The lowest BCUT2D eigenvalue weighted by molar-refractivity contribution is 0.651. The van der Waals surface area contributed by atoms with Gasteiger partial charge in [0.05, 0.1) is 18.4 Å². The summed E-state index contributed by atoms with van der Waals surface area (Å²) in [6, 6.07) is 0. The summed E-state index contributed by atoms with van der Waals surface area (Å²) < 4.78 is 3.73. The largest absolute Gasteiger partial charge is 0.384 e. The molecule has 0 aliphatic heterocycles. The molecule has 0 radical (unpaired) electrons. The molecule has 0 spiro atoms. The molecule has 0 aliphatic rings. The Labute approximate surface area is 94.9 Å². The normalized spacial score (nSPS) is 10.9. The van der Waals surface area contributed by atoms with Crippen LogP contribution in [0.5, 0.6) is 0 Å². The van der Waals surface area contributed by atoms with Crippen LogP contribution in [-0.2, 0) is 13.1 Å². The van der Waals surface area contributed by atoms with Gasteiger partial charge in [0.15, 0.2) is 0 Å². The summed E-state index contributed by atoms with van der Waals surface area (Å²) in [5.41, 5.74) is 9.13. The summed E-state index contributed by atoms with van der Waals surface area (Å²) >= 11 is 0. The number of anilines is 1. The first-order valence-electron chi connectivity index (χ1n) is 5.42. The van der Waals surface area contributed by atoms with E-state index in [9.17, 15) is 0 Å². The van der Waals surface area contributed by atoms with Crippen molar-refractivity contribution in [3.8, 4) is 0 Å². The Morgan fingerprint density at radius 2 is 2.12 bits per heavy atom. The molecule has 0 saturated heterocycles. The Morgan fingerprint density at radius 3 is 2.62 bits per heavy atom. The van der Waals surface area contributed by atoms with E-state index in [0.29, 0.717) is 6.54 Å². The van der Waals surface area contributed by atoms with Gasteiger partial charge in [0, 0.05) is 23.9 Å². The van der Waals surface area contributed by atoms with Gasteiger partial charge >= 0.3 is 0 Å². The van der Waals surface area contributed by atoms with Crippen molar-refractivity contribution in [1.29, 1.82) is 0 Å². The Kier molecular flexibility index (Phi) is 2.68. The zero-order chi connectivity index (χ0) is 11.7. The maximum Gasteiger partial charge on any atom is 0.124 e. The standard InChI is InChI=1S/C11H17N5/c1-4-15-6-10(9(3)14-15)7-16-11(12)8(2)5-13-16/h5-6H,4,7,12H2,1-3H3. The molecular weight excluding hydrogens is 202 g/mol. The number of hydrogen-bond acceptors (Lipinski definition) is 3. The summed E-state index contributed by atoms with van der Waals surface area (Å²) in [6.45, 7) is 7.61. The average molecular weight is 219 g/mol. The first-order chi connectivity index (χ1) is 7.61. The highest BCUT2D eigenvalue weighted by atomic mass is 15.3. The zero-order valence-corrected chi connectivity index (χ0v) is 9.94. The van der Waals surface area contributed by atoms with Crippen LogP contribution >= 0.6 is 0 Å². The molecule has 0 aromatic carbocycles. The van der Waals surface area contributed by atoms with Crippen LogP contribution < -0.4 is 5.73 Å². The third-order valence-corrected chi connectivity index (χ3v) is 2.77. The van der Waals surface area contributed by atoms with Gasteiger partial charge in [0.25, 0.3) is 0 Å². The van der Waals surface area contributed by atoms with Crippen LogP contribution in [0.25, 0.3) is 0 Å². The molecule has 2 aromatic heterocycles. The minimum atomic E-state index is 0.686. The molecule has 2 N–H and O–H groups in total. The number of nitrogens with zero attached hydrogens (tertiary/aromatic N) is 4. The molecule has 86 valence electrons. The average Bonchev–Trinajstić information content (AvgIpc) is 2.77. The quantitative estimate of drug-likeness (QED) is 0.847.